The van der Waals surface area contributed by atoms with Crippen LogP contribution in [0.3, 0.4) is 0 Å². The summed E-state index contributed by atoms with van der Waals surface area (Å²) in [4.78, 5) is 0.500. The van der Waals surface area contributed by atoms with E-state index in [2.05, 4.69) is 41.1 Å². The van der Waals surface area contributed by atoms with Crippen molar-refractivity contribution >= 4 is 15.9 Å². The predicted molar refractivity (Wildman–Crippen MR) is 80.6 cm³/mol. The van der Waals surface area contributed by atoms with Crippen LogP contribution in [0.4, 0.5) is 0 Å². The number of hydrogen-bond donors (Lipinski definition) is 0. The largest absolute Gasteiger partial charge is 0.496 e. The molecule has 0 aromatic heterocycles. The highest BCUT2D eigenvalue weighted by Gasteiger charge is 2.22. The van der Waals surface area contributed by atoms with Crippen molar-refractivity contribution in [3.8, 4) is 5.75 Å². The van der Waals surface area contributed by atoms with Gasteiger partial charge >= 0.3 is 0 Å². The molecule has 1 aromatic rings. The third-order valence-electron chi connectivity index (χ3n) is 4.05. The van der Waals surface area contributed by atoms with Crippen LogP contribution in [0.1, 0.15) is 54.5 Å². The molecule has 1 saturated carbocycles. The third kappa shape index (κ3) is 3.28. The van der Waals surface area contributed by atoms with Crippen molar-refractivity contribution in [1.82, 2.24) is 0 Å². The smallest absolute Gasteiger partial charge is 0.121 e. The van der Waals surface area contributed by atoms with Gasteiger partial charge in [-0.05, 0) is 42.9 Å². The summed E-state index contributed by atoms with van der Waals surface area (Å²) >= 11 is 3.92. The molecule has 2 heteroatoms. The molecule has 1 atom stereocenters. The minimum absolute atomic E-state index is 0.500. The van der Waals surface area contributed by atoms with Crippen LogP contribution in [-0.2, 0) is 0 Å². The maximum atomic E-state index is 5.33. The molecule has 0 N–H and O–H groups in total. The molecule has 1 nitrogen and oxygen atoms in total. The van der Waals surface area contributed by atoms with E-state index in [0.717, 1.165) is 11.7 Å². The second-order valence-corrected chi connectivity index (χ2v) is 6.37. The highest BCUT2D eigenvalue weighted by atomic mass is 79.9. The van der Waals surface area contributed by atoms with Crippen LogP contribution in [-0.4, -0.2) is 7.11 Å². The van der Waals surface area contributed by atoms with Crippen LogP contribution in [0, 0.1) is 12.8 Å². The Bertz CT molecular complexity index is 381. The molecule has 1 aliphatic rings. The van der Waals surface area contributed by atoms with Crippen molar-refractivity contribution in [1.29, 1.82) is 0 Å². The van der Waals surface area contributed by atoms with Gasteiger partial charge in [0, 0.05) is 4.83 Å². The quantitative estimate of drug-likeness (QED) is 0.536. The lowest BCUT2D eigenvalue weighted by molar-refractivity contribution is 0.410. The second-order valence-electron chi connectivity index (χ2n) is 5.38. The molecule has 0 heterocycles. The number of halogens is 1. The fraction of sp³-hybridized carbons (Fsp3) is 0.625. The van der Waals surface area contributed by atoms with Crippen LogP contribution in [0.25, 0.3) is 0 Å². The fourth-order valence-corrected chi connectivity index (χ4v) is 3.76. The lowest BCUT2D eigenvalue weighted by Crippen LogP contribution is -2.07. The maximum Gasteiger partial charge on any atom is 0.121 e. The lowest BCUT2D eigenvalue weighted by atomic mass is 9.91. The molecule has 1 aromatic carbocycles. The summed E-state index contributed by atoms with van der Waals surface area (Å²) in [6, 6.07) is 6.56. The Morgan fingerprint density at radius 2 is 1.83 bits per heavy atom. The Morgan fingerprint density at radius 1 is 1.17 bits per heavy atom. The first-order chi connectivity index (χ1) is 8.72. The summed E-state index contributed by atoms with van der Waals surface area (Å²) in [6.45, 7) is 2.12. The summed E-state index contributed by atoms with van der Waals surface area (Å²) in [7, 11) is 1.74. The van der Waals surface area contributed by atoms with E-state index in [0.29, 0.717) is 4.83 Å². The summed E-state index contributed by atoms with van der Waals surface area (Å²) in [6.07, 6.45) is 8.33. The van der Waals surface area contributed by atoms with E-state index in [-0.39, 0.29) is 0 Å². The van der Waals surface area contributed by atoms with E-state index in [9.17, 15) is 0 Å². The van der Waals surface area contributed by atoms with Crippen molar-refractivity contribution in [2.24, 2.45) is 5.92 Å². The Kier molecular flexibility index (Phi) is 5.11. The number of aryl methyl sites for hydroxylation is 1. The number of alkyl halides is 1. The average Bonchev–Trinajstić information content (AvgIpc) is 2.66. The molecule has 1 fully saturated rings. The second kappa shape index (κ2) is 6.60. The molecule has 0 aliphatic heterocycles. The van der Waals surface area contributed by atoms with E-state index >= 15 is 0 Å². The Balaban J connectivity index is 2.11. The van der Waals surface area contributed by atoms with Crippen LogP contribution in [0.5, 0.6) is 5.75 Å². The van der Waals surface area contributed by atoms with Crippen molar-refractivity contribution in [2.45, 2.75) is 50.3 Å². The van der Waals surface area contributed by atoms with Crippen molar-refractivity contribution in [3.63, 3.8) is 0 Å². The third-order valence-corrected chi connectivity index (χ3v) is 5.33. The Labute approximate surface area is 119 Å². The molecule has 2 rings (SSSR count). The molecule has 1 unspecified atom stereocenters. The SMILES string of the molecule is COc1ccc(C(Br)C2CCCCCC2)cc1C. The molecule has 0 amide bonds. The zero-order chi connectivity index (χ0) is 13.0. The topological polar surface area (TPSA) is 9.23 Å². The van der Waals surface area contributed by atoms with E-state index in [1.165, 1.54) is 49.7 Å². The standard InChI is InChI=1S/C16H23BrO/c1-12-11-14(9-10-15(12)18-2)16(17)13-7-5-3-4-6-8-13/h9-11,13,16H,3-8H2,1-2H3. The van der Waals surface area contributed by atoms with Crippen LogP contribution in [0.2, 0.25) is 0 Å². The van der Waals surface area contributed by atoms with Crippen molar-refractivity contribution < 1.29 is 4.74 Å². The van der Waals surface area contributed by atoms with Crippen molar-refractivity contribution in [2.75, 3.05) is 7.11 Å². The zero-order valence-corrected chi connectivity index (χ0v) is 13.0. The van der Waals surface area contributed by atoms with Gasteiger partial charge in [-0.25, -0.2) is 0 Å². The summed E-state index contributed by atoms with van der Waals surface area (Å²) in [5.41, 5.74) is 2.63. The maximum absolute atomic E-state index is 5.33. The van der Waals surface area contributed by atoms with Crippen LogP contribution < -0.4 is 4.74 Å². The van der Waals surface area contributed by atoms with E-state index in [1.807, 2.05) is 0 Å². The van der Waals surface area contributed by atoms with E-state index < -0.39 is 0 Å². The molecular weight excluding hydrogens is 288 g/mol. The lowest BCUT2D eigenvalue weighted by Gasteiger charge is -2.22. The molecule has 100 valence electrons. The minimum Gasteiger partial charge on any atom is -0.496 e. The normalized spacial score (nSPS) is 19.3. The zero-order valence-electron chi connectivity index (χ0n) is 11.4. The summed E-state index contributed by atoms with van der Waals surface area (Å²) in [5.74, 6) is 1.78. The molecule has 0 spiro atoms. The van der Waals surface area contributed by atoms with Crippen molar-refractivity contribution in [3.05, 3.63) is 29.3 Å². The van der Waals surface area contributed by atoms with Gasteiger partial charge in [0.2, 0.25) is 0 Å². The number of benzene rings is 1. The minimum atomic E-state index is 0.500. The molecule has 18 heavy (non-hydrogen) atoms. The summed E-state index contributed by atoms with van der Waals surface area (Å²) in [5, 5.41) is 0. The van der Waals surface area contributed by atoms with Gasteiger partial charge in [0.15, 0.2) is 0 Å². The fourth-order valence-electron chi connectivity index (χ4n) is 2.95. The van der Waals surface area contributed by atoms with Crippen LogP contribution in [0.15, 0.2) is 18.2 Å². The van der Waals surface area contributed by atoms with Gasteiger partial charge in [0.05, 0.1) is 7.11 Å². The average molecular weight is 311 g/mol. The Morgan fingerprint density at radius 3 is 2.39 bits per heavy atom. The van der Waals surface area contributed by atoms with Gasteiger partial charge < -0.3 is 4.74 Å². The highest BCUT2D eigenvalue weighted by molar-refractivity contribution is 9.09. The monoisotopic (exact) mass is 310 g/mol. The van der Waals surface area contributed by atoms with Gasteiger partial charge in [-0.2, -0.15) is 0 Å². The first-order valence-corrected chi connectivity index (χ1v) is 7.92. The Hall–Kier alpha value is -0.500. The predicted octanol–water partition coefficient (Wildman–Crippen LogP) is 5.41. The van der Waals surface area contributed by atoms with E-state index in [1.54, 1.807) is 7.11 Å². The first kappa shape index (κ1) is 13.9. The van der Waals surface area contributed by atoms with Gasteiger partial charge in [-0.1, -0.05) is 53.7 Å². The number of rotatable bonds is 3. The molecule has 0 radical (unpaired) electrons. The molecule has 1 aliphatic carbocycles. The molecule has 0 bridgehead atoms. The van der Waals surface area contributed by atoms with Crippen LogP contribution >= 0.6 is 15.9 Å². The first-order valence-electron chi connectivity index (χ1n) is 7.01. The summed E-state index contributed by atoms with van der Waals surface area (Å²) < 4.78 is 5.33. The van der Waals surface area contributed by atoms with E-state index in [4.69, 9.17) is 4.74 Å². The number of ether oxygens (including phenoxy) is 1. The van der Waals surface area contributed by atoms with Gasteiger partial charge in [0.1, 0.15) is 5.75 Å². The van der Waals surface area contributed by atoms with Gasteiger partial charge in [-0.3, -0.25) is 0 Å². The number of hydrogen-bond acceptors (Lipinski definition) is 1. The highest BCUT2D eigenvalue weighted by Crippen LogP contribution is 2.40. The van der Waals surface area contributed by atoms with Gasteiger partial charge in [0.25, 0.3) is 0 Å². The van der Waals surface area contributed by atoms with Gasteiger partial charge in [-0.15, -0.1) is 0 Å². The molecular formula is C16H23BrO. The number of methoxy groups -OCH3 is 1. The molecule has 0 saturated heterocycles.